The molecule has 1 rings (SSSR count). The zero-order valence-corrected chi connectivity index (χ0v) is 6.77. The number of aromatic hydroxyl groups is 1. The van der Waals surface area contributed by atoms with Crippen LogP contribution in [-0.4, -0.2) is 24.4 Å². The van der Waals surface area contributed by atoms with Crippen LogP contribution in [0.3, 0.4) is 0 Å². The maximum atomic E-state index is 9.29. The van der Waals surface area contributed by atoms with Gasteiger partial charge < -0.3 is 10.8 Å². The lowest BCUT2D eigenvalue weighted by atomic mass is 10.2. The Hall–Kier alpha value is -1.35. The minimum Gasteiger partial charge on any atom is -0.507 e. The van der Waals surface area contributed by atoms with Gasteiger partial charge >= 0.3 is 0 Å². The summed E-state index contributed by atoms with van der Waals surface area (Å²) in [5.41, 5.74) is 5.98. The minimum absolute atomic E-state index is 0.248. The van der Waals surface area contributed by atoms with E-state index in [1.165, 1.54) is 0 Å². The first-order valence-electron chi connectivity index (χ1n) is 3.82. The van der Waals surface area contributed by atoms with Crippen molar-refractivity contribution in [3.05, 3.63) is 29.8 Å². The van der Waals surface area contributed by atoms with Crippen molar-refractivity contribution in [1.29, 1.82) is 0 Å². The van der Waals surface area contributed by atoms with E-state index in [9.17, 15) is 5.11 Å². The third-order valence-electron chi connectivity index (χ3n) is 1.43. The van der Waals surface area contributed by atoms with E-state index in [2.05, 4.69) is 4.99 Å². The number of hydrogen-bond acceptors (Lipinski definition) is 3. The molecule has 0 radical (unpaired) electrons. The van der Waals surface area contributed by atoms with Gasteiger partial charge in [-0.1, -0.05) is 12.1 Å². The maximum Gasteiger partial charge on any atom is 0.124 e. The van der Waals surface area contributed by atoms with Crippen molar-refractivity contribution in [1.82, 2.24) is 0 Å². The molecule has 1 aromatic carbocycles. The second-order valence-corrected chi connectivity index (χ2v) is 2.38. The van der Waals surface area contributed by atoms with Gasteiger partial charge in [-0.05, 0) is 12.1 Å². The van der Waals surface area contributed by atoms with Gasteiger partial charge in [0.05, 0.1) is 6.54 Å². The van der Waals surface area contributed by atoms with Gasteiger partial charge in [0.15, 0.2) is 0 Å². The molecule has 0 heterocycles. The molecule has 0 aliphatic heterocycles. The molecular weight excluding hydrogens is 152 g/mol. The van der Waals surface area contributed by atoms with Gasteiger partial charge in [-0.15, -0.1) is 0 Å². The van der Waals surface area contributed by atoms with E-state index in [1.807, 2.05) is 6.07 Å². The molecule has 0 spiro atoms. The SMILES string of the molecule is NCC/N=C/c1ccccc1O. The standard InChI is InChI=1S/C9H12N2O/c10-5-6-11-7-8-3-1-2-4-9(8)12/h1-4,7,12H,5-6,10H2/b11-7+. The van der Waals surface area contributed by atoms with Crippen molar-refractivity contribution in [3.63, 3.8) is 0 Å². The van der Waals surface area contributed by atoms with Crippen LogP contribution in [0.15, 0.2) is 29.3 Å². The molecule has 0 saturated heterocycles. The van der Waals surface area contributed by atoms with Crippen LogP contribution in [0.5, 0.6) is 5.75 Å². The maximum absolute atomic E-state index is 9.29. The fraction of sp³-hybridized carbons (Fsp3) is 0.222. The molecule has 64 valence electrons. The Morgan fingerprint density at radius 2 is 2.17 bits per heavy atom. The third kappa shape index (κ3) is 2.36. The Balaban J connectivity index is 2.68. The Bertz CT molecular complexity index is 271. The molecule has 0 saturated carbocycles. The first kappa shape index (κ1) is 8.74. The summed E-state index contributed by atoms with van der Waals surface area (Å²) in [6, 6.07) is 7.05. The molecular formula is C9H12N2O. The molecule has 0 aliphatic rings. The minimum atomic E-state index is 0.248. The fourth-order valence-corrected chi connectivity index (χ4v) is 0.834. The summed E-state index contributed by atoms with van der Waals surface area (Å²) in [5.74, 6) is 0.248. The number of benzene rings is 1. The first-order chi connectivity index (χ1) is 5.84. The van der Waals surface area contributed by atoms with Gasteiger partial charge in [-0.3, -0.25) is 4.99 Å². The molecule has 0 aliphatic carbocycles. The number of para-hydroxylation sites is 1. The highest BCUT2D eigenvalue weighted by molar-refractivity contribution is 5.83. The zero-order valence-electron chi connectivity index (χ0n) is 6.77. The highest BCUT2D eigenvalue weighted by atomic mass is 16.3. The van der Waals surface area contributed by atoms with Crippen LogP contribution in [0.1, 0.15) is 5.56 Å². The lowest BCUT2D eigenvalue weighted by Crippen LogP contribution is -2.02. The normalized spacial score (nSPS) is 10.8. The van der Waals surface area contributed by atoms with Crippen molar-refractivity contribution >= 4 is 6.21 Å². The molecule has 0 aromatic heterocycles. The summed E-state index contributed by atoms with van der Waals surface area (Å²) in [6.45, 7) is 1.12. The van der Waals surface area contributed by atoms with Gasteiger partial charge in [-0.25, -0.2) is 0 Å². The number of aliphatic imine (C=N–C) groups is 1. The van der Waals surface area contributed by atoms with Crippen LogP contribution >= 0.6 is 0 Å². The molecule has 0 atom stereocenters. The molecule has 1 aromatic rings. The van der Waals surface area contributed by atoms with E-state index in [4.69, 9.17) is 5.73 Å². The summed E-state index contributed by atoms with van der Waals surface area (Å²) in [4.78, 5) is 4.01. The number of nitrogens with two attached hydrogens (primary N) is 1. The molecule has 3 nitrogen and oxygen atoms in total. The second-order valence-electron chi connectivity index (χ2n) is 2.38. The zero-order chi connectivity index (χ0) is 8.81. The molecule has 0 unspecified atom stereocenters. The lowest BCUT2D eigenvalue weighted by molar-refractivity contribution is 0.474. The van der Waals surface area contributed by atoms with Crippen molar-refractivity contribution in [2.75, 3.05) is 13.1 Å². The topological polar surface area (TPSA) is 58.6 Å². The van der Waals surface area contributed by atoms with E-state index in [0.717, 1.165) is 5.56 Å². The van der Waals surface area contributed by atoms with Crippen LogP contribution < -0.4 is 5.73 Å². The summed E-state index contributed by atoms with van der Waals surface area (Å²) >= 11 is 0. The average Bonchev–Trinajstić information content (AvgIpc) is 2.09. The Morgan fingerprint density at radius 1 is 1.42 bits per heavy atom. The van der Waals surface area contributed by atoms with Gasteiger partial charge in [0, 0.05) is 18.3 Å². The van der Waals surface area contributed by atoms with Crippen LogP contribution in [0, 0.1) is 0 Å². The van der Waals surface area contributed by atoms with E-state index >= 15 is 0 Å². The number of hydrogen-bond donors (Lipinski definition) is 2. The molecule has 3 heteroatoms. The van der Waals surface area contributed by atoms with Gasteiger partial charge in [0.25, 0.3) is 0 Å². The molecule has 0 fully saturated rings. The van der Waals surface area contributed by atoms with Gasteiger partial charge in [0.2, 0.25) is 0 Å². The highest BCUT2D eigenvalue weighted by Gasteiger charge is 1.92. The predicted molar refractivity (Wildman–Crippen MR) is 49.6 cm³/mol. The van der Waals surface area contributed by atoms with Gasteiger partial charge in [0.1, 0.15) is 5.75 Å². The summed E-state index contributed by atoms with van der Waals surface area (Å²) in [6.07, 6.45) is 1.63. The molecule has 0 amide bonds. The number of phenolic OH excluding ortho intramolecular Hbond substituents is 1. The van der Waals surface area contributed by atoms with Crippen molar-refractivity contribution in [2.45, 2.75) is 0 Å². The summed E-state index contributed by atoms with van der Waals surface area (Å²) < 4.78 is 0. The molecule has 3 N–H and O–H groups in total. The Labute approximate surface area is 71.6 Å². The van der Waals surface area contributed by atoms with E-state index in [-0.39, 0.29) is 5.75 Å². The lowest BCUT2D eigenvalue weighted by Gasteiger charge is -1.95. The van der Waals surface area contributed by atoms with E-state index < -0.39 is 0 Å². The van der Waals surface area contributed by atoms with E-state index in [0.29, 0.717) is 13.1 Å². The van der Waals surface area contributed by atoms with Crippen LogP contribution in [0.4, 0.5) is 0 Å². The van der Waals surface area contributed by atoms with Crippen molar-refractivity contribution in [3.8, 4) is 5.75 Å². The van der Waals surface area contributed by atoms with Crippen LogP contribution in [0.25, 0.3) is 0 Å². The third-order valence-corrected chi connectivity index (χ3v) is 1.43. The van der Waals surface area contributed by atoms with Crippen LogP contribution in [-0.2, 0) is 0 Å². The van der Waals surface area contributed by atoms with Crippen molar-refractivity contribution < 1.29 is 5.11 Å². The van der Waals surface area contributed by atoms with Gasteiger partial charge in [-0.2, -0.15) is 0 Å². The highest BCUT2D eigenvalue weighted by Crippen LogP contribution is 2.12. The number of phenols is 1. The smallest absolute Gasteiger partial charge is 0.124 e. The first-order valence-corrected chi connectivity index (χ1v) is 3.82. The molecule has 12 heavy (non-hydrogen) atoms. The van der Waals surface area contributed by atoms with Crippen molar-refractivity contribution in [2.24, 2.45) is 10.7 Å². The summed E-state index contributed by atoms with van der Waals surface area (Å²) in [5, 5.41) is 9.29. The predicted octanol–water partition coefficient (Wildman–Crippen LogP) is 0.770. The quantitative estimate of drug-likeness (QED) is 0.648. The van der Waals surface area contributed by atoms with E-state index in [1.54, 1.807) is 24.4 Å². The largest absolute Gasteiger partial charge is 0.507 e. The Morgan fingerprint density at radius 3 is 2.83 bits per heavy atom. The monoisotopic (exact) mass is 164 g/mol. The van der Waals surface area contributed by atoms with Crippen LogP contribution in [0.2, 0.25) is 0 Å². The number of nitrogens with zero attached hydrogens (tertiary/aromatic N) is 1. The molecule has 0 bridgehead atoms. The number of rotatable bonds is 3. The second kappa shape index (κ2) is 4.51. The fourth-order valence-electron chi connectivity index (χ4n) is 0.834. The summed E-state index contributed by atoms with van der Waals surface area (Å²) in [7, 11) is 0. The average molecular weight is 164 g/mol. The Kier molecular flexibility index (Phi) is 3.29.